The lowest BCUT2D eigenvalue weighted by Gasteiger charge is -2.00. The lowest BCUT2D eigenvalue weighted by atomic mass is 10.1. The molecule has 0 spiro atoms. The van der Waals surface area contributed by atoms with Gasteiger partial charge in [0.25, 0.3) is 0 Å². The summed E-state index contributed by atoms with van der Waals surface area (Å²) in [5, 5.41) is 4.31. The lowest BCUT2D eigenvalue weighted by Crippen LogP contribution is -2.19. The van der Waals surface area contributed by atoms with Crippen molar-refractivity contribution in [1.29, 1.82) is 0 Å². The van der Waals surface area contributed by atoms with Crippen LogP contribution in [0.2, 0.25) is 0 Å². The Morgan fingerprint density at radius 2 is 2.50 bits per heavy atom. The van der Waals surface area contributed by atoms with Gasteiger partial charge in [-0.15, -0.1) is 0 Å². The van der Waals surface area contributed by atoms with E-state index in [2.05, 4.69) is 12.2 Å². The van der Waals surface area contributed by atoms with Gasteiger partial charge >= 0.3 is 0 Å². The molecule has 1 rings (SSSR count). The third-order valence-corrected chi connectivity index (χ3v) is 1.64. The molecule has 2 heteroatoms. The van der Waals surface area contributed by atoms with E-state index in [1.807, 2.05) is 0 Å². The van der Waals surface area contributed by atoms with Gasteiger partial charge in [-0.2, -0.15) is 0 Å². The quantitative estimate of drug-likeness (QED) is 0.514. The summed E-state index contributed by atoms with van der Waals surface area (Å²) in [6.45, 7) is 3.05. The minimum absolute atomic E-state index is 0.361. The Morgan fingerprint density at radius 1 is 1.75 bits per heavy atom. The van der Waals surface area contributed by atoms with Gasteiger partial charge in [-0.1, -0.05) is 6.92 Å². The zero-order valence-corrected chi connectivity index (χ0v) is 5.30. The maximum absolute atomic E-state index is 5.61. The summed E-state index contributed by atoms with van der Waals surface area (Å²) >= 11 is 0. The van der Waals surface area contributed by atoms with Crippen LogP contribution in [0.3, 0.4) is 0 Å². The Balaban J connectivity index is 2.22. The average Bonchev–Trinajstić information content (AvgIpc) is 2.14. The molecule has 2 N–H and O–H groups in total. The molecular weight excluding hydrogens is 100 g/mol. The third-order valence-electron chi connectivity index (χ3n) is 1.64. The fraction of sp³-hybridized carbons (Fsp3) is 1.00. The van der Waals surface area contributed by atoms with Gasteiger partial charge in [0.1, 0.15) is 0 Å². The van der Waals surface area contributed by atoms with Gasteiger partial charge in [0, 0.05) is 18.6 Å². The maximum atomic E-state index is 5.61. The fourth-order valence-corrected chi connectivity index (χ4v) is 1.08. The van der Waals surface area contributed by atoms with E-state index >= 15 is 0 Å². The molecule has 47 valence electrons. The van der Waals surface area contributed by atoms with Gasteiger partial charge in [0.15, 0.2) is 0 Å². The lowest BCUT2D eigenvalue weighted by molar-refractivity contribution is 0.573. The van der Waals surface area contributed by atoms with E-state index in [0.717, 1.165) is 19.4 Å². The van der Waals surface area contributed by atoms with Gasteiger partial charge < -0.3 is 5.73 Å². The molecule has 2 unspecified atom stereocenters. The molecule has 0 bridgehead atoms. The predicted molar refractivity (Wildman–Crippen MR) is 33.7 cm³/mol. The highest BCUT2D eigenvalue weighted by Crippen LogP contribution is 2.08. The number of nitrogens with two attached hydrogens (primary N) is 1. The Kier molecular flexibility index (Phi) is 1.86. The van der Waals surface area contributed by atoms with Crippen LogP contribution >= 0.6 is 0 Å². The van der Waals surface area contributed by atoms with Crippen molar-refractivity contribution >= 4 is 0 Å². The molecular formula is C6H13N2. The first-order valence-corrected chi connectivity index (χ1v) is 3.25. The summed E-state index contributed by atoms with van der Waals surface area (Å²) < 4.78 is 0. The second-order valence-electron chi connectivity index (χ2n) is 2.42. The highest BCUT2D eigenvalue weighted by atomic mass is 15.0. The minimum atomic E-state index is 0.361. The summed E-state index contributed by atoms with van der Waals surface area (Å²) in [6.07, 6.45) is 2.27. The molecule has 2 nitrogen and oxygen atoms in total. The van der Waals surface area contributed by atoms with Gasteiger partial charge in [0.2, 0.25) is 0 Å². The van der Waals surface area contributed by atoms with Crippen molar-refractivity contribution in [2.24, 2.45) is 5.73 Å². The van der Waals surface area contributed by atoms with Crippen LogP contribution in [-0.2, 0) is 0 Å². The monoisotopic (exact) mass is 113 g/mol. The Bertz CT molecular complexity index is 72.9. The second-order valence-corrected chi connectivity index (χ2v) is 2.42. The Labute approximate surface area is 50.4 Å². The molecule has 2 atom stereocenters. The van der Waals surface area contributed by atoms with E-state index in [9.17, 15) is 0 Å². The molecule has 0 saturated carbocycles. The zero-order chi connectivity index (χ0) is 5.98. The highest BCUT2D eigenvalue weighted by molar-refractivity contribution is 4.81. The normalized spacial score (nSPS) is 38.2. The van der Waals surface area contributed by atoms with Crippen LogP contribution in [0.25, 0.3) is 0 Å². The van der Waals surface area contributed by atoms with Crippen molar-refractivity contribution in [3.8, 4) is 0 Å². The molecule has 1 heterocycles. The third kappa shape index (κ3) is 1.20. The summed E-state index contributed by atoms with van der Waals surface area (Å²) in [7, 11) is 0. The largest absolute Gasteiger partial charge is 0.326 e. The molecule has 1 aliphatic rings. The minimum Gasteiger partial charge on any atom is -0.326 e. The van der Waals surface area contributed by atoms with Crippen LogP contribution in [-0.4, -0.2) is 18.6 Å². The van der Waals surface area contributed by atoms with Crippen molar-refractivity contribution in [1.82, 2.24) is 5.32 Å². The van der Waals surface area contributed by atoms with Gasteiger partial charge in [0.05, 0.1) is 0 Å². The van der Waals surface area contributed by atoms with Crippen LogP contribution in [0.4, 0.5) is 0 Å². The smallest absolute Gasteiger partial charge is 0.0289 e. The van der Waals surface area contributed by atoms with Crippen molar-refractivity contribution in [2.75, 3.05) is 6.54 Å². The van der Waals surface area contributed by atoms with Crippen LogP contribution < -0.4 is 11.1 Å². The van der Waals surface area contributed by atoms with Gasteiger partial charge in [-0.05, 0) is 12.8 Å². The first kappa shape index (κ1) is 6.05. The number of rotatable bonds is 1. The Morgan fingerprint density at radius 3 is 2.75 bits per heavy atom. The molecule has 1 saturated heterocycles. The fourth-order valence-electron chi connectivity index (χ4n) is 1.08. The van der Waals surface area contributed by atoms with E-state index in [0.29, 0.717) is 12.1 Å². The molecule has 0 aromatic heterocycles. The van der Waals surface area contributed by atoms with Gasteiger partial charge in [-0.25, -0.2) is 5.32 Å². The van der Waals surface area contributed by atoms with E-state index in [1.54, 1.807) is 0 Å². The average molecular weight is 113 g/mol. The first-order chi connectivity index (χ1) is 3.83. The van der Waals surface area contributed by atoms with Crippen molar-refractivity contribution in [3.63, 3.8) is 0 Å². The molecule has 8 heavy (non-hydrogen) atoms. The highest BCUT2D eigenvalue weighted by Gasteiger charge is 2.19. The molecule has 1 fully saturated rings. The number of hydrogen-bond donors (Lipinski definition) is 1. The summed E-state index contributed by atoms with van der Waals surface area (Å²) in [6, 6.07) is 0.935. The summed E-state index contributed by atoms with van der Waals surface area (Å²) in [5.74, 6) is 0. The van der Waals surface area contributed by atoms with Crippen LogP contribution in [0.5, 0.6) is 0 Å². The molecule has 1 radical (unpaired) electrons. The summed E-state index contributed by atoms with van der Waals surface area (Å²) in [5.41, 5.74) is 5.61. The molecule has 0 aromatic carbocycles. The topological polar surface area (TPSA) is 40.1 Å². The first-order valence-electron chi connectivity index (χ1n) is 3.25. The molecule has 1 aliphatic heterocycles. The summed E-state index contributed by atoms with van der Waals surface area (Å²) in [4.78, 5) is 0. The number of hydrogen-bond acceptors (Lipinski definition) is 1. The van der Waals surface area contributed by atoms with Crippen molar-refractivity contribution in [3.05, 3.63) is 0 Å². The molecule has 0 aliphatic carbocycles. The maximum Gasteiger partial charge on any atom is 0.0289 e. The van der Waals surface area contributed by atoms with Crippen molar-refractivity contribution < 1.29 is 0 Å². The standard InChI is InChI=1S/C6H13N2/c1-2-6-3-5(7)4-8-6/h5-6H,2-4,7H2,1H3. The van der Waals surface area contributed by atoms with E-state index in [-0.39, 0.29) is 0 Å². The van der Waals surface area contributed by atoms with E-state index < -0.39 is 0 Å². The SMILES string of the molecule is CCC1CC(N)C[N]1. The van der Waals surface area contributed by atoms with Crippen LogP contribution in [0, 0.1) is 0 Å². The van der Waals surface area contributed by atoms with Crippen molar-refractivity contribution in [2.45, 2.75) is 31.8 Å². The molecule has 0 amide bonds. The van der Waals surface area contributed by atoms with Gasteiger partial charge in [-0.3, -0.25) is 0 Å². The Hall–Kier alpha value is -0.0800. The zero-order valence-electron chi connectivity index (χ0n) is 5.30. The van der Waals surface area contributed by atoms with E-state index in [1.165, 1.54) is 0 Å². The van der Waals surface area contributed by atoms with E-state index in [4.69, 9.17) is 5.73 Å². The van der Waals surface area contributed by atoms with Crippen LogP contribution in [0.15, 0.2) is 0 Å². The second kappa shape index (κ2) is 2.46. The molecule has 0 aromatic rings. The number of nitrogens with zero attached hydrogens (tertiary/aromatic N) is 1. The predicted octanol–water partition coefficient (Wildman–Crippen LogP) is 0.100. The van der Waals surface area contributed by atoms with Crippen LogP contribution in [0.1, 0.15) is 19.8 Å².